The molecular formula is C52H74N10O4. The van der Waals surface area contributed by atoms with E-state index in [1.54, 1.807) is 6.92 Å². The summed E-state index contributed by atoms with van der Waals surface area (Å²) in [5, 5.41) is 8.72. The molecule has 2 aromatic heterocycles. The number of carbonyl (C=O) groups excluding carboxylic acids is 4. The number of urea groups is 1. The number of aromatic amines is 2. The lowest BCUT2D eigenvalue weighted by Crippen LogP contribution is -2.55. The summed E-state index contributed by atoms with van der Waals surface area (Å²) in [6.07, 6.45) is 15.1. The van der Waals surface area contributed by atoms with Gasteiger partial charge in [0, 0.05) is 110 Å². The van der Waals surface area contributed by atoms with Gasteiger partial charge in [-0.3, -0.25) is 24.3 Å². The lowest BCUT2D eigenvalue weighted by molar-refractivity contribution is -0.135. The van der Waals surface area contributed by atoms with Gasteiger partial charge in [0.1, 0.15) is 0 Å². The van der Waals surface area contributed by atoms with E-state index >= 15 is 0 Å². The second-order valence-corrected chi connectivity index (χ2v) is 18.8. The molecule has 0 bridgehead atoms. The average molecular weight is 903 g/mol. The quantitative estimate of drug-likeness (QED) is 0.0444. The number of H-pyrrole nitrogens is 2. The van der Waals surface area contributed by atoms with Crippen molar-refractivity contribution in [2.24, 2.45) is 16.8 Å². The highest BCUT2D eigenvalue weighted by molar-refractivity contribution is 5.96. The molecule has 4 aromatic rings. The summed E-state index contributed by atoms with van der Waals surface area (Å²) in [6.45, 7) is 18.7. The van der Waals surface area contributed by atoms with Gasteiger partial charge in [-0.25, -0.2) is 14.6 Å². The molecule has 4 amide bonds. The Morgan fingerprint density at radius 1 is 0.773 bits per heavy atom. The van der Waals surface area contributed by atoms with Crippen LogP contribution in [0.4, 0.5) is 4.79 Å². The first-order valence-corrected chi connectivity index (χ1v) is 24.0. The highest BCUT2D eigenvalue weighted by atomic mass is 16.2. The molecular weight excluding hydrogens is 829 g/mol. The molecule has 66 heavy (non-hydrogen) atoms. The van der Waals surface area contributed by atoms with E-state index < -0.39 is 0 Å². The van der Waals surface area contributed by atoms with Gasteiger partial charge < -0.3 is 30.4 Å². The molecule has 14 heteroatoms. The standard InChI is InChI=1S/C26H37N5O2.C23H32N4O.C3H5NO/c1-5-11-30-17-19(25(32)31(26(33)27-6-2)13-8-12-29(3)4)14-21-20-9-7-10-22-24(20)18(16-28-22)15-23(21)30;1-4-10-27-15-17(23(28)24-9-6-11-26(2)3)12-19-18-7-5-8-20-22(18)16(14-25-20)13-21(19)27;1-2-4-3-5/h5,7,9-10,16,19,21,23,28H,1,6,8,11-15,17H2,2-4H3,(H,27,33);4-5,7-8,14,17,19,21,25H,1,6,9-13,15H2,2-3H3,(H,24,28);2H2,1H3/t19-,21-,23-;17-,19-,21-;/m11./s1. The van der Waals surface area contributed by atoms with Gasteiger partial charge in [-0.1, -0.05) is 36.4 Å². The van der Waals surface area contributed by atoms with E-state index in [-0.39, 0.29) is 35.6 Å². The Bertz CT molecular complexity index is 2330. The largest absolute Gasteiger partial charge is 0.361 e. The lowest BCUT2D eigenvalue weighted by atomic mass is 9.72. The zero-order valence-corrected chi connectivity index (χ0v) is 40.3. The highest BCUT2D eigenvalue weighted by Crippen LogP contribution is 2.46. The van der Waals surface area contributed by atoms with Crippen LogP contribution in [0.1, 0.15) is 73.6 Å². The van der Waals surface area contributed by atoms with Crippen LogP contribution in [-0.2, 0) is 27.2 Å². The number of aliphatic imine (C=N–C) groups is 1. The molecule has 2 aromatic carbocycles. The van der Waals surface area contributed by atoms with Crippen LogP contribution in [0.15, 0.2) is 79.1 Å². The molecule has 4 heterocycles. The Balaban J connectivity index is 0.000000200. The topological polar surface area (TPSA) is 152 Å². The predicted molar refractivity (Wildman–Crippen MR) is 266 cm³/mol. The van der Waals surface area contributed by atoms with Crippen LogP contribution in [0.5, 0.6) is 0 Å². The van der Waals surface area contributed by atoms with Crippen molar-refractivity contribution in [1.82, 2.24) is 45.1 Å². The van der Waals surface area contributed by atoms with Crippen LogP contribution in [0.2, 0.25) is 0 Å². The van der Waals surface area contributed by atoms with Crippen LogP contribution in [0, 0.1) is 11.8 Å². The second kappa shape index (κ2) is 23.9. The lowest BCUT2D eigenvalue weighted by Gasteiger charge is -2.47. The number of likely N-dealkylation sites (tertiary alicyclic amines) is 2. The van der Waals surface area contributed by atoms with E-state index in [9.17, 15) is 14.4 Å². The van der Waals surface area contributed by atoms with E-state index in [1.807, 2.05) is 33.2 Å². The van der Waals surface area contributed by atoms with Crippen molar-refractivity contribution in [2.45, 2.75) is 76.3 Å². The number of benzene rings is 2. The maximum absolute atomic E-state index is 13.7. The summed E-state index contributed by atoms with van der Waals surface area (Å²) in [4.78, 5) is 69.2. The van der Waals surface area contributed by atoms with E-state index in [0.717, 1.165) is 83.3 Å². The molecule has 8 rings (SSSR count). The number of hydrogen-bond acceptors (Lipinski definition) is 9. The number of fused-ring (bicyclic) bond motifs is 4. The number of carbonyl (C=O) groups is 3. The third-order valence-corrected chi connectivity index (χ3v) is 13.7. The summed E-state index contributed by atoms with van der Waals surface area (Å²) in [5.41, 5.74) is 7.88. The van der Waals surface area contributed by atoms with Crippen LogP contribution < -0.4 is 10.6 Å². The molecule has 4 N–H and O–H groups in total. The van der Waals surface area contributed by atoms with E-state index in [1.165, 1.54) is 49.5 Å². The van der Waals surface area contributed by atoms with Gasteiger partial charge in [0.25, 0.3) is 0 Å². The van der Waals surface area contributed by atoms with Crippen molar-refractivity contribution >= 4 is 45.7 Å². The Hall–Kier alpha value is -5.37. The first kappa shape index (κ1) is 50.1. The number of aromatic nitrogens is 2. The fraction of sp³-hybridized carbons (Fsp3) is 0.538. The number of nitrogens with zero attached hydrogens (tertiary/aromatic N) is 6. The van der Waals surface area contributed by atoms with Crippen LogP contribution in [0.3, 0.4) is 0 Å². The molecule has 6 atom stereocenters. The average Bonchev–Trinajstić information content (AvgIpc) is 3.93. The molecule has 0 unspecified atom stereocenters. The summed E-state index contributed by atoms with van der Waals surface area (Å²) in [6, 6.07) is 13.5. The van der Waals surface area contributed by atoms with Crippen molar-refractivity contribution in [3.8, 4) is 0 Å². The van der Waals surface area contributed by atoms with Crippen molar-refractivity contribution < 1.29 is 19.2 Å². The maximum atomic E-state index is 13.7. The summed E-state index contributed by atoms with van der Waals surface area (Å²) < 4.78 is 0. The van der Waals surface area contributed by atoms with Crippen molar-refractivity contribution in [1.29, 1.82) is 0 Å². The number of isocyanates is 1. The molecule has 0 spiro atoms. The van der Waals surface area contributed by atoms with Crippen LogP contribution in [0.25, 0.3) is 21.8 Å². The first-order chi connectivity index (χ1) is 31.9. The number of rotatable bonds is 16. The monoisotopic (exact) mass is 903 g/mol. The Labute approximate surface area is 391 Å². The molecule has 4 aliphatic rings. The molecule has 14 nitrogen and oxygen atoms in total. The zero-order chi connectivity index (χ0) is 47.3. The van der Waals surface area contributed by atoms with Gasteiger partial charge in [0.15, 0.2) is 0 Å². The summed E-state index contributed by atoms with van der Waals surface area (Å²) in [7, 11) is 8.14. The van der Waals surface area contributed by atoms with Gasteiger partial charge in [0.2, 0.25) is 17.9 Å². The second-order valence-electron chi connectivity index (χ2n) is 18.8. The van der Waals surface area contributed by atoms with E-state index in [0.29, 0.717) is 44.2 Å². The van der Waals surface area contributed by atoms with Gasteiger partial charge in [0.05, 0.1) is 11.8 Å². The van der Waals surface area contributed by atoms with Crippen molar-refractivity contribution in [3.05, 3.63) is 96.4 Å². The maximum Gasteiger partial charge on any atom is 0.324 e. The van der Waals surface area contributed by atoms with Gasteiger partial charge in [-0.2, -0.15) is 0 Å². The third kappa shape index (κ3) is 11.8. The number of nitrogens with one attached hydrogen (secondary N) is 4. The first-order valence-electron chi connectivity index (χ1n) is 24.0. The van der Waals surface area contributed by atoms with Crippen molar-refractivity contribution in [2.75, 3.05) is 93.6 Å². The molecule has 0 saturated carbocycles. The predicted octanol–water partition coefficient (Wildman–Crippen LogP) is 6.29. The van der Waals surface area contributed by atoms with E-state index in [4.69, 9.17) is 4.79 Å². The molecule has 2 saturated heterocycles. The molecule has 2 fully saturated rings. The molecule has 0 radical (unpaired) electrons. The van der Waals surface area contributed by atoms with Gasteiger partial charge >= 0.3 is 6.03 Å². The zero-order valence-electron chi connectivity index (χ0n) is 40.3. The number of imide groups is 1. The molecule has 2 aliphatic heterocycles. The summed E-state index contributed by atoms with van der Waals surface area (Å²) in [5.74, 6) is 0.633. The van der Waals surface area contributed by atoms with Crippen molar-refractivity contribution in [3.63, 3.8) is 0 Å². The molecule has 356 valence electrons. The fourth-order valence-electron chi connectivity index (χ4n) is 10.9. The number of hydrogen-bond donors (Lipinski definition) is 4. The number of piperidine rings is 2. The highest BCUT2D eigenvalue weighted by Gasteiger charge is 2.45. The normalized spacial score (nSPS) is 21.9. The van der Waals surface area contributed by atoms with Crippen LogP contribution in [-0.4, -0.2) is 164 Å². The van der Waals surface area contributed by atoms with Crippen LogP contribution >= 0.6 is 0 Å². The minimum Gasteiger partial charge on any atom is -0.361 e. The minimum absolute atomic E-state index is 0.0382. The smallest absolute Gasteiger partial charge is 0.324 e. The molecule has 2 aliphatic carbocycles. The SMILES string of the molecule is C=CCN1C[C@H](C(=O)N(CCCN(C)C)C(=O)NCC)C[C@@H]2c3cccc4[nH]cc(c34)C[C@H]21.C=CCN1C[C@H](C(=O)NCCCN(C)C)C[C@@H]2c3cccc4[nH]cc(c34)C[C@H]21.CCN=C=O. The van der Waals surface area contributed by atoms with Gasteiger partial charge in [-0.15, -0.1) is 13.2 Å². The summed E-state index contributed by atoms with van der Waals surface area (Å²) >= 11 is 0. The van der Waals surface area contributed by atoms with Gasteiger partial charge in [-0.05, 0) is 128 Å². The fourth-order valence-corrected chi connectivity index (χ4v) is 10.9. The Morgan fingerprint density at radius 2 is 1.30 bits per heavy atom. The Kier molecular flexibility index (Phi) is 18.1. The number of amides is 4. The Morgan fingerprint density at radius 3 is 1.79 bits per heavy atom. The third-order valence-electron chi connectivity index (χ3n) is 13.7. The van der Waals surface area contributed by atoms with E-state index in [2.05, 4.69) is 121 Å². The minimum atomic E-state index is -0.280.